The van der Waals surface area contributed by atoms with Crippen LogP contribution in [0.25, 0.3) is 0 Å². The lowest BCUT2D eigenvalue weighted by Gasteiger charge is -2.40. The first-order valence-electron chi connectivity index (χ1n) is 9.35. The van der Waals surface area contributed by atoms with E-state index < -0.39 is 5.41 Å². The van der Waals surface area contributed by atoms with Crippen molar-refractivity contribution in [2.75, 3.05) is 26.2 Å². The van der Waals surface area contributed by atoms with Crippen molar-refractivity contribution < 1.29 is 9.32 Å². The van der Waals surface area contributed by atoms with Gasteiger partial charge in [-0.3, -0.25) is 9.69 Å². The molecule has 3 rings (SSSR count). The molecule has 1 fully saturated rings. The summed E-state index contributed by atoms with van der Waals surface area (Å²) in [6.45, 7) is 11.1. The second kappa shape index (κ2) is 7.58. The number of carbonyl (C=O) groups is 1. The van der Waals surface area contributed by atoms with Crippen molar-refractivity contribution in [2.45, 2.75) is 45.6 Å². The minimum Gasteiger partial charge on any atom is -0.339 e. The van der Waals surface area contributed by atoms with Gasteiger partial charge in [0.15, 0.2) is 5.82 Å². The smallest absolute Gasteiger partial charge is 0.243 e. The normalized spacial score (nSPS) is 17.3. The third-order valence-electron chi connectivity index (χ3n) is 5.34. The second-order valence-corrected chi connectivity index (χ2v) is 7.40. The summed E-state index contributed by atoms with van der Waals surface area (Å²) in [5.41, 5.74) is 0.538. The van der Waals surface area contributed by atoms with E-state index in [0.29, 0.717) is 19.0 Å². The van der Waals surface area contributed by atoms with E-state index in [1.807, 2.05) is 56.0 Å². The number of piperazine rings is 1. The van der Waals surface area contributed by atoms with E-state index in [9.17, 15) is 4.79 Å². The Labute approximate surface area is 155 Å². The average Bonchev–Trinajstić information content (AvgIpc) is 3.17. The first-order chi connectivity index (χ1) is 12.4. The number of aromatic nitrogens is 2. The van der Waals surface area contributed by atoms with E-state index in [1.54, 1.807) is 0 Å². The monoisotopic (exact) mass is 356 g/mol. The average molecular weight is 356 g/mol. The van der Waals surface area contributed by atoms with Crippen molar-refractivity contribution in [3.63, 3.8) is 0 Å². The standard InChI is InChI=1S/C20H28N4O2/c1-5-17-21-18(26-22-17)15(2)23-11-13-24(14-12-23)19(25)20(3,4)16-9-7-6-8-10-16/h6-10,15H,5,11-14H2,1-4H3. The zero-order valence-corrected chi connectivity index (χ0v) is 16.1. The molecular formula is C20H28N4O2. The Hall–Kier alpha value is -2.21. The van der Waals surface area contributed by atoms with Crippen LogP contribution in [0.1, 0.15) is 51.0 Å². The van der Waals surface area contributed by atoms with Crippen LogP contribution in [-0.2, 0) is 16.6 Å². The molecular weight excluding hydrogens is 328 g/mol. The molecule has 140 valence electrons. The quantitative estimate of drug-likeness (QED) is 0.824. The Balaban J connectivity index is 1.62. The van der Waals surface area contributed by atoms with Gasteiger partial charge in [-0.15, -0.1) is 0 Å². The molecule has 2 heterocycles. The molecule has 2 aromatic rings. The number of aryl methyl sites for hydroxylation is 1. The van der Waals surface area contributed by atoms with Crippen LogP contribution < -0.4 is 0 Å². The highest BCUT2D eigenvalue weighted by molar-refractivity contribution is 5.87. The van der Waals surface area contributed by atoms with E-state index in [0.717, 1.165) is 30.9 Å². The Morgan fingerprint density at radius 1 is 1.19 bits per heavy atom. The highest BCUT2D eigenvalue weighted by Crippen LogP contribution is 2.27. The molecule has 1 atom stereocenters. The molecule has 1 aromatic carbocycles. The summed E-state index contributed by atoms with van der Waals surface area (Å²) < 4.78 is 5.37. The number of rotatable bonds is 5. The first-order valence-corrected chi connectivity index (χ1v) is 9.35. The van der Waals surface area contributed by atoms with Crippen molar-refractivity contribution in [1.29, 1.82) is 0 Å². The molecule has 1 unspecified atom stereocenters. The maximum Gasteiger partial charge on any atom is 0.243 e. The highest BCUT2D eigenvalue weighted by atomic mass is 16.5. The maximum absolute atomic E-state index is 13.1. The predicted molar refractivity (Wildman–Crippen MR) is 99.7 cm³/mol. The Bertz CT molecular complexity index is 733. The van der Waals surface area contributed by atoms with Crippen molar-refractivity contribution in [3.05, 3.63) is 47.6 Å². The summed E-state index contributed by atoms with van der Waals surface area (Å²) in [5.74, 6) is 1.58. The second-order valence-electron chi connectivity index (χ2n) is 7.40. The molecule has 6 heteroatoms. The number of amides is 1. The molecule has 0 N–H and O–H groups in total. The third-order valence-corrected chi connectivity index (χ3v) is 5.34. The van der Waals surface area contributed by atoms with E-state index in [2.05, 4.69) is 22.0 Å². The zero-order chi connectivity index (χ0) is 18.7. The van der Waals surface area contributed by atoms with Gasteiger partial charge in [0.05, 0.1) is 11.5 Å². The Morgan fingerprint density at radius 3 is 2.42 bits per heavy atom. The molecule has 0 spiro atoms. The van der Waals surface area contributed by atoms with Gasteiger partial charge in [-0.2, -0.15) is 4.98 Å². The van der Waals surface area contributed by atoms with Gasteiger partial charge in [0, 0.05) is 32.6 Å². The lowest BCUT2D eigenvalue weighted by molar-refractivity contribution is -0.138. The summed E-state index contributed by atoms with van der Waals surface area (Å²) in [7, 11) is 0. The van der Waals surface area contributed by atoms with Crippen LogP contribution in [-0.4, -0.2) is 52.0 Å². The summed E-state index contributed by atoms with van der Waals surface area (Å²) in [4.78, 5) is 21.8. The molecule has 0 saturated carbocycles. The molecule has 1 aromatic heterocycles. The SMILES string of the molecule is CCc1noc(C(C)N2CCN(C(=O)C(C)(C)c3ccccc3)CC2)n1. The van der Waals surface area contributed by atoms with Gasteiger partial charge in [-0.1, -0.05) is 42.4 Å². The Kier molecular flexibility index (Phi) is 5.41. The van der Waals surface area contributed by atoms with Crippen LogP contribution in [0.4, 0.5) is 0 Å². The van der Waals surface area contributed by atoms with Gasteiger partial charge in [0.1, 0.15) is 0 Å². The fourth-order valence-electron chi connectivity index (χ4n) is 3.42. The third kappa shape index (κ3) is 3.65. The van der Waals surface area contributed by atoms with Crippen molar-refractivity contribution in [1.82, 2.24) is 19.9 Å². The molecule has 6 nitrogen and oxygen atoms in total. The number of benzene rings is 1. The number of nitrogens with zero attached hydrogens (tertiary/aromatic N) is 4. The van der Waals surface area contributed by atoms with Gasteiger partial charge in [-0.25, -0.2) is 0 Å². The predicted octanol–water partition coefficient (Wildman–Crippen LogP) is 2.82. The van der Waals surface area contributed by atoms with Gasteiger partial charge < -0.3 is 9.42 Å². The molecule has 0 aliphatic carbocycles. The van der Waals surface area contributed by atoms with Crippen molar-refractivity contribution in [2.24, 2.45) is 0 Å². The zero-order valence-electron chi connectivity index (χ0n) is 16.1. The van der Waals surface area contributed by atoms with Gasteiger partial charge in [0.25, 0.3) is 0 Å². The van der Waals surface area contributed by atoms with Gasteiger partial charge in [0.2, 0.25) is 11.8 Å². The van der Waals surface area contributed by atoms with E-state index in [-0.39, 0.29) is 11.9 Å². The molecule has 26 heavy (non-hydrogen) atoms. The maximum atomic E-state index is 13.1. The summed E-state index contributed by atoms with van der Waals surface area (Å²) in [5, 5.41) is 3.98. The lowest BCUT2D eigenvalue weighted by Crippen LogP contribution is -2.53. The topological polar surface area (TPSA) is 62.5 Å². The number of hydrogen-bond donors (Lipinski definition) is 0. The van der Waals surface area contributed by atoms with E-state index >= 15 is 0 Å². The van der Waals surface area contributed by atoms with Crippen LogP contribution in [0.5, 0.6) is 0 Å². The molecule has 1 saturated heterocycles. The molecule has 0 radical (unpaired) electrons. The van der Waals surface area contributed by atoms with E-state index in [4.69, 9.17) is 4.52 Å². The highest BCUT2D eigenvalue weighted by Gasteiger charge is 2.36. The summed E-state index contributed by atoms with van der Waals surface area (Å²) in [6, 6.07) is 10.1. The summed E-state index contributed by atoms with van der Waals surface area (Å²) in [6.07, 6.45) is 0.771. The number of hydrogen-bond acceptors (Lipinski definition) is 5. The van der Waals surface area contributed by atoms with Gasteiger partial charge in [-0.05, 0) is 26.3 Å². The number of carbonyl (C=O) groups excluding carboxylic acids is 1. The Morgan fingerprint density at radius 2 is 1.85 bits per heavy atom. The van der Waals surface area contributed by atoms with Crippen LogP contribution >= 0.6 is 0 Å². The summed E-state index contributed by atoms with van der Waals surface area (Å²) >= 11 is 0. The van der Waals surface area contributed by atoms with Crippen LogP contribution in [0.15, 0.2) is 34.9 Å². The van der Waals surface area contributed by atoms with Crippen molar-refractivity contribution in [3.8, 4) is 0 Å². The van der Waals surface area contributed by atoms with E-state index in [1.165, 1.54) is 0 Å². The van der Waals surface area contributed by atoms with Crippen molar-refractivity contribution >= 4 is 5.91 Å². The fourth-order valence-corrected chi connectivity index (χ4v) is 3.42. The minimum absolute atomic E-state index is 0.0715. The molecule has 1 amide bonds. The minimum atomic E-state index is -0.516. The van der Waals surface area contributed by atoms with Crippen LogP contribution in [0.2, 0.25) is 0 Å². The molecule has 1 aliphatic rings. The fraction of sp³-hybridized carbons (Fsp3) is 0.550. The first kappa shape index (κ1) is 18.6. The van der Waals surface area contributed by atoms with Crippen LogP contribution in [0.3, 0.4) is 0 Å². The van der Waals surface area contributed by atoms with Crippen LogP contribution in [0, 0.1) is 0 Å². The van der Waals surface area contributed by atoms with Gasteiger partial charge >= 0.3 is 0 Å². The lowest BCUT2D eigenvalue weighted by atomic mass is 9.83. The largest absolute Gasteiger partial charge is 0.339 e. The molecule has 1 aliphatic heterocycles. The molecule has 0 bridgehead atoms.